The van der Waals surface area contributed by atoms with E-state index in [4.69, 9.17) is 0 Å². The molecule has 0 aromatic rings. The molecule has 0 aliphatic carbocycles. The highest BCUT2D eigenvalue weighted by Gasteiger charge is 2.28. The fourth-order valence-electron chi connectivity index (χ4n) is 1.97. The van der Waals surface area contributed by atoms with E-state index in [2.05, 4.69) is 10.6 Å². The SMILES string of the molecule is CN(CCCNC(=O)C1CCNC1)CC(F)(F)F. The average Bonchev–Trinajstić information content (AvgIpc) is 2.74. The van der Waals surface area contributed by atoms with Gasteiger partial charge in [0.05, 0.1) is 12.5 Å². The molecule has 0 radical (unpaired) electrons. The van der Waals surface area contributed by atoms with E-state index in [0.717, 1.165) is 13.0 Å². The molecule has 1 aliphatic heterocycles. The topological polar surface area (TPSA) is 44.4 Å². The van der Waals surface area contributed by atoms with E-state index in [9.17, 15) is 18.0 Å². The summed E-state index contributed by atoms with van der Waals surface area (Å²) in [5.41, 5.74) is 0. The van der Waals surface area contributed by atoms with Gasteiger partial charge in [-0.3, -0.25) is 9.69 Å². The van der Waals surface area contributed by atoms with Crippen molar-refractivity contribution >= 4 is 5.91 Å². The molecule has 0 saturated carbocycles. The Bertz CT molecular complexity index is 265. The second kappa shape index (κ2) is 6.94. The van der Waals surface area contributed by atoms with Gasteiger partial charge in [-0.2, -0.15) is 13.2 Å². The van der Waals surface area contributed by atoms with Crippen molar-refractivity contribution in [3.8, 4) is 0 Å². The molecule has 106 valence electrons. The number of carbonyl (C=O) groups excluding carboxylic acids is 1. The van der Waals surface area contributed by atoms with E-state index in [1.807, 2.05) is 0 Å². The van der Waals surface area contributed by atoms with E-state index in [1.165, 1.54) is 11.9 Å². The molecule has 1 amide bonds. The Balaban J connectivity index is 2.05. The van der Waals surface area contributed by atoms with Crippen LogP contribution in [0.25, 0.3) is 0 Å². The third-order valence-corrected chi connectivity index (χ3v) is 2.90. The highest BCUT2D eigenvalue weighted by atomic mass is 19.4. The minimum absolute atomic E-state index is 0.00141. The Morgan fingerprint density at radius 1 is 1.50 bits per heavy atom. The molecule has 1 unspecified atom stereocenters. The normalized spacial score (nSPS) is 20.4. The molecule has 1 heterocycles. The fourth-order valence-corrected chi connectivity index (χ4v) is 1.97. The van der Waals surface area contributed by atoms with Crippen LogP contribution >= 0.6 is 0 Å². The second-order valence-corrected chi connectivity index (χ2v) is 4.69. The van der Waals surface area contributed by atoms with Crippen LogP contribution in [0.15, 0.2) is 0 Å². The molecule has 0 spiro atoms. The molecule has 0 bridgehead atoms. The molecule has 4 nitrogen and oxygen atoms in total. The van der Waals surface area contributed by atoms with Gasteiger partial charge in [0.25, 0.3) is 0 Å². The summed E-state index contributed by atoms with van der Waals surface area (Å²) in [5.74, 6) is 0.0105. The van der Waals surface area contributed by atoms with E-state index >= 15 is 0 Å². The smallest absolute Gasteiger partial charge is 0.356 e. The third kappa shape index (κ3) is 6.20. The van der Waals surface area contributed by atoms with Crippen LogP contribution in [-0.2, 0) is 4.79 Å². The summed E-state index contributed by atoms with van der Waals surface area (Å²) in [5, 5.41) is 5.85. The van der Waals surface area contributed by atoms with Crippen LogP contribution in [0.2, 0.25) is 0 Å². The molecule has 1 atom stereocenters. The molecular formula is C11H20F3N3O. The molecule has 0 aromatic heterocycles. The van der Waals surface area contributed by atoms with Crippen LogP contribution < -0.4 is 10.6 Å². The Kier molecular flexibility index (Phi) is 5.87. The Hall–Kier alpha value is -0.820. The summed E-state index contributed by atoms with van der Waals surface area (Å²) in [6.45, 7) is 1.39. The summed E-state index contributed by atoms with van der Waals surface area (Å²) in [4.78, 5) is 12.8. The van der Waals surface area contributed by atoms with Crippen LogP contribution in [0.4, 0.5) is 13.2 Å². The lowest BCUT2D eigenvalue weighted by Gasteiger charge is -2.18. The van der Waals surface area contributed by atoms with Gasteiger partial charge in [-0.25, -0.2) is 0 Å². The number of amides is 1. The summed E-state index contributed by atoms with van der Waals surface area (Å²) < 4.78 is 36.1. The van der Waals surface area contributed by atoms with Gasteiger partial charge in [0.15, 0.2) is 0 Å². The predicted molar refractivity (Wildman–Crippen MR) is 62.2 cm³/mol. The lowest BCUT2D eigenvalue weighted by Crippen LogP contribution is -2.36. The highest BCUT2D eigenvalue weighted by Crippen LogP contribution is 2.15. The zero-order valence-electron chi connectivity index (χ0n) is 10.5. The Morgan fingerprint density at radius 2 is 2.22 bits per heavy atom. The first-order valence-corrected chi connectivity index (χ1v) is 6.12. The number of alkyl halides is 3. The molecule has 1 aliphatic rings. The number of carbonyl (C=O) groups is 1. The number of hydrogen-bond acceptors (Lipinski definition) is 3. The van der Waals surface area contributed by atoms with Crippen molar-refractivity contribution in [1.82, 2.24) is 15.5 Å². The molecule has 0 aromatic carbocycles. The average molecular weight is 267 g/mol. The van der Waals surface area contributed by atoms with Crippen LogP contribution in [0.3, 0.4) is 0 Å². The molecule has 1 fully saturated rings. The zero-order chi connectivity index (χ0) is 13.6. The molecule has 1 rings (SSSR count). The molecule has 18 heavy (non-hydrogen) atoms. The van der Waals surface area contributed by atoms with Gasteiger partial charge in [-0.1, -0.05) is 0 Å². The van der Waals surface area contributed by atoms with Gasteiger partial charge < -0.3 is 10.6 Å². The van der Waals surface area contributed by atoms with Crippen LogP contribution in [0.5, 0.6) is 0 Å². The highest BCUT2D eigenvalue weighted by molar-refractivity contribution is 5.79. The molecular weight excluding hydrogens is 247 g/mol. The summed E-state index contributed by atoms with van der Waals surface area (Å²) in [6.07, 6.45) is -2.80. The summed E-state index contributed by atoms with van der Waals surface area (Å²) in [7, 11) is 1.43. The first-order chi connectivity index (χ1) is 8.38. The van der Waals surface area contributed by atoms with Gasteiger partial charge in [0, 0.05) is 13.1 Å². The molecule has 7 heteroatoms. The quantitative estimate of drug-likeness (QED) is 0.693. The van der Waals surface area contributed by atoms with Gasteiger partial charge in [0.2, 0.25) is 5.91 Å². The van der Waals surface area contributed by atoms with Gasteiger partial charge >= 0.3 is 6.18 Å². The van der Waals surface area contributed by atoms with Crippen molar-refractivity contribution < 1.29 is 18.0 Å². The number of hydrogen-bond donors (Lipinski definition) is 2. The van der Waals surface area contributed by atoms with Crippen molar-refractivity contribution in [2.24, 2.45) is 5.92 Å². The summed E-state index contributed by atoms with van der Waals surface area (Å²) >= 11 is 0. The van der Waals surface area contributed by atoms with Crippen LogP contribution in [0.1, 0.15) is 12.8 Å². The minimum atomic E-state index is -4.16. The van der Waals surface area contributed by atoms with Crippen molar-refractivity contribution in [3.05, 3.63) is 0 Å². The minimum Gasteiger partial charge on any atom is -0.356 e. The Morgan fingerprint density at radius 3 is 2.78 bits per heavy atom. The summed E-state index contributed by atoms with van der Waals surface area (Å²) in [6, 6.07) is 0. The lowest BCUT2D eigenvalue weighted by molar-refractivity contribution is -0.143. The Labute approximate surface area is 105 Å². The van der Waals surface area contributed by atoms with E-state index in [-0.39, 0.29) is 11.8 Å². The van der Waals surface area contributed by atoms with Crippen molar-refractivity contribution in [3.63, 3.8) is 0 Å². The van der Waals surface area contributed by atoms with Crippen LogP contribution in [-0.4, -0.2) is 56.8 Å². The maximum atomic E-state index is 12.0. The number of nitrogens with zero attached hydrogens (tertiary/aromatic N) is 1. The predicted octanol–water partition coefficient (Wildman–Crippen LogP) is 0.596. The lowest BCUT2D eigenvalue weighted by atomic mass is 10.1. The van der Waals surface area contributed by atoms with Gasteiger partial charge in [-0.15, -0.1) is 0 Å². The first kappa shape index (κ1) is 15.2. The fraction of sp³-hybridized carbons (Fsp3) is 0.909. The number of rotatable bonds is 6. The third-order valence-electron chi connectivity index (χ3n) is 2.90. The monoisotopic (exact) mass is 267 g/mol. The van der Waals surface area contributed by atoms with Crippen molar-refractivity contribution in [1.29, 1.82) is 0 Å². The van der Waals surface area contributed by atoms with E-state index in [1.54, 1.807) is 0 Å². The van der Waals surface area contributed by atoms with Crippen molar-refractivity contribution in [2.75, 3.05) is 39.8 Å². The van der Waals surface area contributed by atoms with Crippen LogP contribution in [0, 0.1) is 5.92 Å². The largest absolute Gasteiger partial charge is 0.401 e. The maximum Gasteiger partial charge on any atom is 0.401 e. The van der Waals surface area contributed by atoms with E-state index in [0.29, 0.717) is 26.1 Å². The zero-order valence-corrected chi connectivity index (χ0v) is 10.5. The van der Waals surface area contributed by atoms with Gasteiger partial charge in [0.1, 0.15) is 0 Å². The maximum absolute atomic E-state index is 12.0. The molecule has 1 saturated heterocycles. The van der Waals surface area contributed by atoms with Crippen molar-refractivity contribution in [2.45, 2.75) is 19.0 Å². The van der Waals surface area contributed by atoms with E-state index < -0.39 is 12.7 Å². The standard InChI is InChI=1S/C11H20F3N3O/c1-17(8-11(12,13)14)6-2-4-16-10(18)9-3-5-15-7-9/h9,15H,2-8H2,1H3,(H,16,18). The second-order valence-electron chi connectivity index (χ2n) is 4.69. The first-order valence-electron chi connectivity index (χ1n) is 6.12. The number of nitrogens with one attached hydrogen (secondary N) is 2. The van der Waals surface area contributed by atoms with Gasteiger partial charge in [-0.05, 0) is 33.0 Å². The molecule has 2 N–H and O–H groups in total. The number of halogens is 3.